The molecule has 1 aromatic carbocycles. The average Bonchev–Trinajstić information content (AvgIpc) is 2.60. The third kappa shape index (κ3) is 1.75. The van der Waals surface area contributed by atoms with Crippen LogP contribution >= 0.6 is 0 Å². The largest absolute Gasteiger partial charge is 0.477 e. The Morgan fingerprint density at radius 1 is 1.44 bits per heavy atom. The highest BCUT2D eigenvalue weighted by atomic mass is 16.4. The fraction of sp³-hybridized carbons (Fsp3) is 0.0909. The molecule has 82 valence electrons. The van der Waals surface area contributed by atoms with Crippen LogP contribution < -0.4 is 5.73 Å². The summed E-state index contributed by atoms with van der Waals surface area (Å²) in [5.41, 5.74) is 7.28. The van der Waals surface area contributed by atoms with Crippen LogP contribution in [0.25, 0.3) is 5.69 Å². The molecule has 2 rings (SSSR count). The molecule has 1 aromatic heterocycles. The highest BCUT2D eigenvalue weighted by Crippen LogP contribution is 2.15. The predicted molar refractivity (Wildman–Crippen MR) is 59.7 cm³/mol. The molecule has 0 saturated heterocycles. The van der Waals surface area contributed by atoms with E-state index in [0.717, 1.165) is 5.56 Å². The van der Waals surface area contributed by atoms with E-state index >= 15 is 0 Å². The third-order valence-electron chi connectivity index (χ3n) is 2.19. The van der Waals surface area contributed by atoms with Crippen LogP contribution in [0.1, 0.15) is 16.1 Å². The lowest BCUT2D eigenvalue weighted by Gasteiger charge is -2.04. The summed E-state index contributed by atoms with van der Waals surface area (Å²) in [4.78, 5) is 11.0. The molecule has 0 aliphatic rings. The van der Waals surface area contributed by atoms with Crippen LogP contribution in [0.5, 0.6) is 0 Å². The number of nitrogens with two attached hydrogens (primary N) is 1. The molecular weight excluding hydrogens is 206 g/mol. The zero-order chi connectivity index (χ0) is 11.7. The van der Waals surface area contributed by atoms with E-state index in [1.165, 1.54) is 10.7 Å². The van der Waals surface area contributed by atoms with Gasteiger partial charge < -0.3 is 10.8 Å². The minimum atomic E-state index is -1.05. The summed E-state index contributed by atoms with van der Waals surface area (Å²) in [6, 6.07) is 8.74. The number of aromatic carboxylic acids is 1. The van der Waals surface area contributed by atoms with Crippen LogP contribution in [-0.2, 0) is 0 Å². The van der Waals surface area contributed by atoms with Gasteiger partial charge in [0.05, 0.1) is 5.69 Å². The Hall–Kier alpha value is -2.30. The van der Waals surface area contributed by atoms with E-state index in [0.29, 0.717) is 5.69 Å². The van der Waals surface area contributed by atoms with Gasteiger partial charge in [-0.25, -0.2) is 9.48 Å². The second-order valence-corrected chi connectivity index (χ2v) is 3.51. The molecule has 0 fully saturated rings. The van der Waals surface area contributed by atoms with Crippen molar-refractivity contribution < 1.29 is 9.90 Å². The predicted octanol–water partition coefficient (Wildman–Crippen LogP) is 1.46. The molecule has 0 bridgehead atoms. The standard InChI is InChI=1S/C11H11N3O2/c1-7-3-2-4-8(5-7)14-9(11(15)16)6-10(12)13-14/h2-6H,1H3,(H2,12,13)(H,15,16). The van der Waals surface area contributed by atoms with E-state index in [-0.39, 0.29) is 11.5 Å². The fourth-order valence-electron chi connectivity index (χ4n) is 1.51. The second kappa shape index (κ2) is 3.69. The van der Waals surface area contributed by atoms with Crippen molar-refractivity contribution in [1.82, 2.24) is 9.78 Å². The summed E-state index contributed by atoms with van der Waals surface area (Å²) in [5, 5.41) is 13.0. The first-order valence-electron chi connectivity index (χ1n) is 4.74. The molecule has 5 heteroatoms. The number of hydrogen-bond acceptors (Lipinski definition) is 3. The Bertz CT molecular complexity index is 546. The Kier molecular flexibility index (Phi) is 2.36. The van der Waals surface area contributed by atoms with Gasteiger partial charge in [0, 0.05) is 6.07 Å². The van der Waals surface area contributed by atoms with Crippen molar-refractivity contribution in [3.8, 4) is 5.69 Å². The summed E-state index contributed by atoms with van der Waals surface area (Å²) in [7, 11) is 0. The Morgan fingerprint density at radius 2 is 2.19 bits per heavy atom. The number of carboxylic acids is 1. The molecular formula is C11H11N3O2. The first kappa shape index (κ1) is 10.2. The molecule has 3 N–H and O–H groups in total. The molecule has 0 aliphatic heterocycles. The first-order valence-corrected chi connectivity index (χ1v) is 4.74. The van der Waals surface area contributed by atoms with Gasteiger partial charge in [-0.3, -0.25) is 0 Å². The van der Waals surface area contributed by atoms with Crippen molar-refractivity contribution in [2.24, 2.45) is 0 Å². The highest BCUT2D eigenvalue weighted by molar-refractivity contribution is 5.87. The molecule has 0 aliphatic carbocycles. The van der Waals surface area contributed by atoms with Crippen LogP contribution in [-0.4, -0.2) is 20.9 Å². The third-order valence-corrected chi connectivity index (χ3v) is 2.19. The van der Waals surface area contributed by atoms with Gasteiger partial charge in [0.1, 0.15) is 5.82 Å². The van der Waals surface area contributed by atoms with Gasteiger partial charge in [-0.15, -0.1) is 5.10 Å². The maximum atomic E-state index is 11.0. The normalized spacial score (nSPS) is 10.3. The molecule has 1 heterocycles. The number of anilines is 1. The van der Waals surface area contributed by atoms with Crippen molar-refractivity contribution in [2.75, 3.05) is 5.73 Å². The fourth-order valence-corrected chi connectivity index (χ4v) is 1.51. The summed E-state index contributed by atoms with van der Waals surface area (Å²) >= 11 is 0. The number of nitrogen functional groups attached to an aromatic ring is 1. The first-order chi connectivity index (χ1) is 7.58. The summed E-state index contributed by atoms with van der Waals surface area (Å²) in [6.07, 6.45) is 0. The van der Waals surface area contributed by atoms with Gasteiger partial charge in [0.15, 0.2) is 5.69 Å². The number of aromatic nitrogens is 2. The average molecular weight is 217 g/mol. The van der Waals surface area contributed by atoms with Crippen molar-refractivity contribution in [3.63, 3.8) is 0 Å². The van der Waals surface area contributed by atoms with E-state index in [1.54, 1.807) is 6.07 Å². The lowest BCUT2D eigenvalue weighted by molar-refractivity contribution is 0.0687. The molecule has 0 saturated carbocycles. The van der Waals surface area contributed by atoms with Crippen LogP contribution in [0.3, 0.4) is 0 Å². The monoisotopic (exact) mass is 217 g/mol. The van der Waals surface area contributed by atoms with E-state index in [4.69, 9.17) is 10.8 Å². The Balaban J connectivity index is 2.59. The van der Waals surface area contributed by atoms with E-state index in [2.05, 4.69) is 5.10 Å². The van der Waals surface area contributed by atoms with Crippen molar-refractivity contribution in [2.45, 2.75) is 6.92 Å². The van der Waals surface area contributed by atoms with Crippen LogP contribution in [0.4, 0.5) is 5.82 Å². The maximum absolute atomic E-state index is 11.0. The SMILES string of the molecule is Cc1cccc(-n2nc(N)cc2C(=O)O)c1. The summed E-state index contributed by atoms with van der Waals surface area (Å²) in [5.74, 6) is -0.857. The van der Waals surface area contributed by atoms with Gasteiger partial charge in [0.25, 0.3) is 0 Å². The van der Waals surface area contributed by atoms with E-state index in [1.807, 2.05) is 25.1 Å². The van der Waals surface area contributed by atoms with Gasteiger partial charge >= 0.3 is 5.97 Å². The zero-order valence-electron chi connectivity index (χ0n) is 8.71. The highest BCUT2D eigenvalue weighted by Gasteiger charge is 2.14. The van der Waals surface area contributed by atoms with Crippen LogP contribution in [0, 0.1) is 6.92 Å². The molecule has 2 aromatic rings. The van der Waals surface area contributed by atoms with Gasteiger partial charge in [-0.05, 0) is 24.6 Å². The second-order valence-electron chi connectivity index (χ2n) is 3.51. The van der Waals surface area contributed by atoms with E-state index < -0.39 is 5.97 Å². The van der Waals surface area contributed by atoms with Crippen LogP contribution in [0.2, 0.25) is 0 Å². The number of carboxylic acid groups (broad SMARTS) is 1. The van der Waals surface area contributed by atoms with Crippen molar-refractivity contribution in [3.05, 3.63) is 41.6 Å². The van der Waals surface area contributed by atoms with Gasteiger partial charge in [0.2, 0.25) is 0 Å². The molecule has 5 nitrogen and oxygen atoms in total. The Morgan fingerprint density at radius 3 is 2.81 bits per heavy atom. The number of carbonyl (C=O) groups is 1. The van der Waals surface area contributed by atoms with Crippen molar-refractivity contribution in [1.29, 1.82) is 0 Å². The minimum Gasteiger partial charge on any atom is -0.477 e. The van der Waals surface area contributed by atoms with Crippen molar-refractivity contribution >= 4 is 11.8 Å². The molecule has 0 amide bonds. The molecule has 16 heavy (non-hydrogen) atoms. The zero-order valence-corrected chi connectivity index (χ0v) is 8.71. The van der Waals surface area contributed by atoms with Gasteiger partial charge in [-0.1, -0.05) is 12.1 Å². The number of aryl methyl sites for hydroxylation is 1. The number of benzene rings is 1. The number of nitrogens with zero attached hydrogens (tertiary/aromatic N) is 2. The lowest BCUT2D eigenvalue weighted by atomic mass is 10.2. The summed E-state index contributed by atoms with van der Waals surface area (Å²) in [6.45, 7) is 1.93. The smallest absolute Gasteiger partial charge is 0.354 e. The van der Waals surface area contributed by atoms with E-state index in [9.17, 15) is 4.79 Å². The lowest BCUT2D eigenvalue weighted by Crippen LogP contribution is -2.07. The molecule has 0 atom stereocenters. The minimum absolute atomic E-state index is 0.0584. The molecule has 0 radical (unpaired) electrons. The number of rotatable bonds is 2. The number of hydrogen-bond donors (Lipinski definition) is 2. The van der Waals surface area contributed by atoms with Gasteiger partial charge in [-0.2, -0.15) is 0 Å². The Labute approximate surface area is 92.1 Å². The molecule has 0 spiro atoms. The van der Waals surface area contributed by atoms with Crippen LogP contribution in [0.15, 0.2) is 30.3 Å². The summed E-state index contributed by atoms with van der Waals surface area (Å²) < 4.78 is 1.32. The maximum Gasteiger partial charge on any atom is 0.354 e. The topological polar surface area (TPSA) is 81.1 Å². The molecule has 0 unspecified atom stereocenters. The quantitative estimate of drug-likeness (QED) is 0.797.